The summed E-state index contributed by atoms with van der Waals surface area (Å²) in [6.45, 7) is 1.31. The van der Waals surface area contributed by atoms with Crippen molar-refractivity contribution in [2.75, 3.05) is 13.7 Å². The number of imidazole rings is 1. The first-order valence-corrected chi connectivity index (χ1v) is 5.68. The van der Waals surface area contributed by atoms with Crippen LogP contribution in [0.25, 0.3) is 11.3 Å². The molecule has 17 heavy (non-hydrogen) atoms. The maximum absolute atomic E-state index is 6.10. The van der Waals surface area contributed by atoms with Gasteiger partial charge >= 0.3 is 0 Å². The fourth-order valence-corrected chi connectivity index (χ4v) is 1.96. The Hall–Kier alpha value is -1.52. The molecule has 2 rings (SSSR count). The molecule has 2 aromatic rings. The van der Waals surface area contributed by atoms with Crippen LogP contribution in [0, 0.1) is 0 Å². The number of benzene rings is 1. The molecule has 0 saturated heterocycles. The molecule has 1 aromatic carbocycles. The number of hydrogen-bond donors (Lipinski definition) is 1. The lowest BCUT2D eigenvalue weighted by Gasteiger charge is -2.08. The maximum Gasteiger partial charge on any atom is 0.137 e. The molecule has 90 valence electrons. The Morgan fingerprint density at radius 1 is 1.47 bits per heavy atom. The van der Waals surface area contributed by atoms with Crippen molar-refractivity contribution in [1.29, 1.82) is 0 Å². The van der Waals surface area contributed by atoms with Crippen LogP contribution in [0.3, 0.4) is 0 Å². The predicted octanol–water partition coefficient (Wildman–Crippen LogP) is 2.17. The molecule has 0 bridgehead atoms. The van der Waals surface area contributed by atoms with E-state index in [0.717, 1.165) is 17.8 Å². The number of rotatable bonds is 4. The van der Waals surface area contributed by atoms with Gasteiger partial charge in [-0.05, 0) is 18.2 Å². The first-order chi connectivity index (χ1) is 8.26. The second-order valence-corrected chi connectivity index (χ2v) is 4.02. The van der Waals surface area contributed by atoms with Crippen LogP contribution in [-0.2, 0) is 6.54 Å². The van der Waals surface area contributed by atoms with Gasteiger partial charge in [0.15, 0.2) is 0 Å². The molecule has 1 aromatic heterocycles. The molecule has 0 spiro atoms. The third-order valence-corrected chi connectivity index (χ3v) is 2.83. The smallest absolute Gasteiger partial charge is 0.137 e. The highest BCUT2D eigenvalue weighted by atomic mass is 35.5. The summed E-state index contributed by atoms with van der Waals surface area (Å²) < 4.78 is 7.12. The van der Waals surface area contributed by atoms with Crippen molar-refractivity contribution in [2.45, 2.75) is 6.54 Å². The number of halogens is 1. The molecular weight excluding hydrogens is 238 g/mol. The van der Waals surface area contributed by atoms with Crippen molar-refractivity contribution in [3.05, 3.63) is 35.7 Å². The van der Waals surface area contributed by atoms with Gasteiger partial charge in [-0.25, -0.2) is 4.98 Å². The summed E-state index contributed by atoms with van der Waals surface area (Å²) in [4.78, 5) is 4.12. The van der Waals surface area contributed by atoms with Crippen LogP contribution in [0.5, 0.6) is 5.75 Å². The third kappa shape index (κ3) is 2.43. The monoisotopic (exact) mass is 251 g/mol. The summed E-state index contributed by atoms with van der Waals surface area (Å²) in [6, 6.07) is 5.66. The maximum atomic E-state index is 6.10. The molecule has 4 nitrogen and oxygen atoms in total. The number of methoxy groups -OCH3 is 1. The van der Waals surface area contributed by atoms with Gasteiger partial charge in [-0.1, -0.05) is 11.6 Å². The van der Waals surface area contributed by atoms with E-state index in [4.69, 9.17) is 22.1 Å². The number of nitrogens with two attached hydrogens (primary N) is 1. The molecule has 0 saturated carbocycles. The molecule has 0 unspecified atom stereocenters. The molecule has 0 fully saturated rings. The van der Waals surface area contributed by atoms with E-state index in [1.165, 1.54) is 0 Å². The van der Waals surface area contributed by atoms with Gasteiger partial charge in [0.25, 0.3) is 0 Å². The van der Waals surface area contributed by atoms with Gasteiger partial charge in [-0.2, -0.15) is 0 Å². The Morgan fingerprint density at radius 3 is 2.94 bits per heavy atom. The molecule has 1 heterocycles. The third-order valence-electron chi connectivity index (χ3n) is 2.53. The summed E-state index contributed by atoms with van der Waals surface area (Å²) in [6.07, 6.45) is 3.56. The minimum Gasteiger partial charge on any atom is -0.495 e. The Balaban J connectivity index is 2.39. The number of hydrogen-bond acceptors (Lipinski definition) is 3. The highest BCUT2D eigenvalue weighted by Gasteiger charge is 2.07. The average molecular weight is 252 g/mol. The Morgan fingerprint density at radius 2 is 2.29 bits per heavy atom. The molecule has 0 amide bonds. The van der Waals surface area contributed by atoms with Gasteiger partial charge in [0.05, 0.1) is 30.4 Å². The zero-order chi connectivity index (χ0) is 12.3. The van der Waals surface area contributed by atoms with Gasteiger partial charge in [0.2, 0.25) is 0 Å². The van der Waals surface area contributed by atoms with Crippen LogP contribution < -0.4 is 10.5 Å². The SMILES string of the molecule is COc1ccc(-c2cncn2CCN)cc1Cl. The summed E-state index contributed by atoms with van der Waals surface area (Å²) in [5, 5.41) is 0.588. The molecule has 0 atom stereocenters. The lowest BCUT2D eigenvalue weighted by atomic mass is 10.1. The Bertz CT molecular complexity index is 510. The number of nitrogens with zero attached hydrogens (tertiary/aromatic N) is 2. The summed E-state index contributed by atoms with van der Waals surface area (Å²) in [7, 11) is 1.60. The minimum absolute atomic E-state index is 0.577. The van der Waals surface area contributed by atoms with Crippen molar-refractivity contribution >= 4 is 11.6 Å². The van der Waals surface area contributed by atoms with Crippen molar-refractivity contribution < 1.29 is 4.74 Å². The van der Waals surface area contributed by atoms with Crippen molar-refractivity contribution in [3.8, 4) is 17.0 Å². The predicted molar refractivity (Wildman–Crippen MR) is 68.3 cm³/mol. The second-order valence-electron chi connectivity index (χ2n) is 3.61. The van der Waals surface area contributed by atoms with E-state index in [1.54, 1.807) is 19.6 Å². The topological polar surface area (TPSA) is 53.1 Å². The van der Waals surface area contributed by atoms with Crippen LogP contribution >= 0.6 is 11.6 Å². The van der Waals surface area contributed by atoms with Crippen molar-refractivity contribution in [2.24, 2.45) is 5.73 Å². The van der Waals surface area contributed by atoms with E-state index in [-0.39, 0.29) is 0 Å². The van der Waals surface area contributed by atoms with E-state index in [0.29, 0.717) is 17.3 Å². The first-order valence-electron chi connectivity index (χ1n) is 5.30. The Labute approximate surface area is 105 Å². The van der Waals surface area contributed by atoms with Gasteiger partial charge in [-0.15, -0.1) is 0 Å². The quantitative estimate of drug-likeness (QED) is 0.906. The lowest BCUT2D eigenvalue weighted by molar-refractivity contribution is 0.415. The first kappa shape index (κ1) is 12.0. The van der Waals surface area contributed by atoms with Gasteiger partial charge < -0.3 is 15.0 Å². The normalized spacial score (nSPS) is 10.5. The van der Waals surface area contributed by atoms with Crippen LogP contribution in [0.15, 0.2) is 30.7 Å². The summed E-state index contributed by atoms with van der Waals surface area (Å²) in [5.74, 6) is 0.667. The van der Waals surface area contributed by atoms with Crippen molar-refractivity contribution in [3.63, 3.8) is 0 Å². The number of aromatic nitrogens is 2. The van der Waals surface area contributed by atoms with Crippen molar-refractivity contribution in [1.82, 2.24) is 9.55 Å². The van der Waals surface area contributed by atoms with E-state index in [2.05, 4.69) is 4.98 Å². The van der Waals surface area contributed by atoms with Crippen LogP contribution in [0.2, 0.25) is 5.02 Å². The fraction of sp³-hybridized carbons (Fsp3) is 0.250. The van der Waals surface area contributed by atoms with E-state index in [9.17, 15) is 0 Å². The highest BCUT2D eigenvalue weighted by Crippen LogP contribution is 2.29. The van der Waals surface area contributed by atoms with E-state index < -0.39 is 0 Å². The second kappa shape index (κ2) is 5.21. The van der Waals surface area contributed by atoms with Gasteiger partial charge in [-0.3, -0.25) is 0 Å². The zero-order valence-corrected chi connectivity index (χ0v) is 10.3. The fourth-order valence-electron chi connectivity index (χ4n) is 1.70. The molecule has 5 heteroatoms. The summed E-state index contributed by atoms with van der Waals surface area (Å²) >= 11 is 6.10. The molecule has 0 aliphatic heterocycles. The Kier molecular flexibility index (Phi) is 3.66. The zero-order valence-electron chi connectivity index (χ0n) is 9.56. The molecule has 2 N–H and O–H groups in total. The van der Waals surface area contributed by atoms with Crippen LogP contribution in [0.4, 0.5) is 0 Å². The highest BCUT2D eigenvalue weighted by molar-refractivity contribution is 6.32. The van der Waals surface area contributed by atoms with Gasteiger partial charge in [0, 0.05) is 18.7 Å². The molecule has 0 aliphatic rings. The lowest BCUT2D eigenvalue weighted by Crippen LogP contribution is -2.09. The number of ether oxygens (including phenoxy) is 1. The standard InChI is InChI=1S/C12H14ClN3O/c1-17-12-3-2-9(6-10(12)13)11-7-15-8-16(11)5-4-14/h2-3,6-8H,4-5,14H2,1H3. The minimum atomic E-state index is 0.577. The summed E-state index contributed by atoms with van der Waals surface area (Å²) in [5.41, 5.74) is 7.55. The molecule has 0 aliphatic carbocycles. The average Bonchev–Trinajstić information content (AvgIpc) is 2.78. The van der Waals surface area contributed by atoms with E-state index in [1.807, 2.05) is 22.8 Å². The van der Waals surface area contributed by atoms with Crippen LogP contribution in [-0.4, -0.2) is 23.2 Å². The molecule has 0 radical (unpaired) electrons. The van der Waals surface area contributed by atoms with Gasteiger partial charge in [0.1, 0.15) is 5.75 Å². The van der Waals surface area contributed by atoms with E-state index >= 15 is 0 Å². The molecular formula is C12H14ClN3O. The van der Waals surface area contributed by atoms with Crippen LogP contribution in [0.1, 0.15) is 0 Å². The largest absolute Gasteiger partial charge is 0.495 e.